The minimum absolute atomic E-state index is 0.247. The van der Waals surface area contributed by atoms with Gasteiger partial charge in [-0.15, -0.1) is 0 Å². The Bertz CT molecular complexity index is 219. The van der Waals surface area contributed by atoms with Gasteiger partial charge in [-0.25, -0.2) is 0 Å². The third kappa shape index (κ3) is 2.27. The number of nitrogens with one attached hydrogen (secondary N) is 2. The molecule has 2 rings (SSSR count). The van der Waals surface area contributed by atoms with Crippen LogP contribution in [0.4, 0.5) is 0 Å². The molecular weight excluding hydrogens is 176 g/mol. The Morgan fingerprint density at radius 2 is 2.21 bits per heavy atom. The van der Waals surface area contributed by atoms with E-state index in [1.807, 2.05) is 0 Å². The van der Waals surface area contributed by atoms with Crippen molar-refractivity contribution in [3.8, 4) is 0 Å². The average molecular weight is 196 g/mol. The zero-order valence-corrected chi connectivity index (χ0v) is 8.94. The molecule has 1 saturated heterocycles. The van der Waals surface area contributed by atoms with E-state index in [1.165, 1.54) is 19.3 Å². The van der Waals surface area contributed by atoms with E-state index in [-0.39, 0.29) is 5.91 Å². The summed E-state index contributed by atoms with van der Waals surface area (Å²) in [6, 6.07) is 0. The van der Waals surface area contributed by atoms with Crippen LogP contribution < -0.4 is 10.6 Å². The molecule has 0 aromatic rings. The van der Waals surface area contributed by atoms with Gasteiger partial charge in [-0.2, -0.15) is 0 Å². The molecule has 0 bridgehead atoms. The highest BCUT2D eigenvalue weighted by molar-refractivity contribution is 5.76. The maximum absolute atomic E-state index is 11.5. The van der Waals surface area contributed by atoms with E-state index in [2.05, 4.69) is 17.6 Å². The third-order valence-corrected chi connectivity index (χ3v) is 3.71. The van der Waals surface area contributed by atoms with Gasteiger partial charge in [0.2, 0.25) is 5.91 Å². The standard InChI is InChI=1S/C11H20N2O/c1-2-11(3-4-11)8-13-10(14)5-9-6-12-7-9/h9,12H,2-8H2,1H3,(H,13,14). The number of carbonyl (C=O) groups excluding carboxylic acids is 1. The largest absolute Gasteiger partial charge is 0.356 e. The van der Waals surface area contributed by atoms with Gasteiger partial charge in [0.25, 0.3) is 0 Å². The summed E-state index contributed by atoms with van der Waals surface area (Å²) in [4.78, 5) is 11.5. The van der Waals surface area contributed by atoms with Gasteiger partial charge in [-0.3, -0.25) is 4.79 Å². The monoisotopic (exact) mass is 196 g/mol. The molecule has 3 heteroatoms. The van der Waals surface area contributed by atoms with Crippen molar-refractivity contribution in [1.29, 1.82) is 0 Å². The Morgan fingerprint density at radius 1 is 1.50 bits per heavy atom. The average Bonchev–Trinajstić information content (AvgIpc) is 2.89. The molecule has 0 radical (unpaired) electrons. The second-order valence-electron chi connectivity index (χ2n) is 4.86. The van der Waals surface area contributed by atoms with Crippen LogP contribution in [0.5, 0.6) is 0 Å². The highest BCUT2D eigenvalue weighted by atomic mass is 16.1. The van der Waals surface area contributed by atoms with Gasteiger partial charge in [-0.1, -0.05) is 6.92 Å². The Kier molecular flexibility index (Phi) is 2.77. The van der Waals surface area contributed by atoms with Gasteiger partial charge in [0.15, 0.2) is 0 Å². The predicted molar refractivity (Wildman–Crippen MR) is 55.9 cm³/mol. The van der Waals surface area contributed by atoms with Crippen molar-refractivity contribution in [2.75, 3.05) is 19.6 Å². The van der Waals surface area contributed by atoms with Gasteiger partial charge in [0, 0.05) is 13.0 Å². The normalized spacial score (nSPS) is 24.1. The first-order valence-corrected chi connectivity index (χ1v) is 5.71. The summed E-state index contributed by atoms with van der Waals surface area (Å²) in [5, 5.41) is 6.25. The molecule has 1 aliphatic heterocycles. The van der Waals surface area contributed by atoms with Crippen molar-refractivity contribution in [2.24, 2.45) is 11.3 Å². The summed E-state index contributed by atoms with van der Waals surface area (Å²) >= 11 is 0. The van der Waals surface area contributed by atoms with Gasteiger partial charge < -0.3 is 10.6 Å². The molecule has 0 aromatic carbocycles. The maximum Gasteiger partial charge on any atom is 0.220 e. The van der Waals surface area contributed by atoms with E-state index in [0.29, 0.717) is 17.8 Å². The first-order valence-electron chi connectivity index (χ1n) is 5.71. The van der Waals surface area contributed by atoms with E-state index in [1.54, 1.807) is 0 Å². The quantitative estimate of drug-likeness (QED) is 0.686. The highest BCUT2D eigenvalue weighted by Gasteiger charge is 2.40. The fourth-order valence-electron chi connectivity index (χ4n) is 1.95. The van der Waals surface area contributed by atoms with Crippen LogP contribution in [0.15, 0.2) is 0 Å². The SMILES string of the molecule is CCC1(CNC(=O)CC2CNC2)CC1. The molecule has 1 heterocycles. The second-order valence-corrected chi connectivity index (χ2v) is 4.86. The summed E-state index contributed by atoms with van der Waals surface area (Å²) in [6.07, 6.45) is 4.52. The lowest BCUT2D eigenvalue weighted by Crippen LogP contribution is -2.45. The lowest BCUT2D eigenvalue weighted by Gasteiger charge is -2.26. The smallest absolute Gasteiger partial charge is 0.220 e. The Balaban J connectivity index is 1.62. The van der Waals surface area contributed by atoms with Crippen LogP contribution >= 0.6 is 0 Å². The van der Waals surface area contributed by atoms with Crippen molar-refractivity contribution in [1.82, 2.24) is 10.6 Å². The number of rotatable bonds is 5. The molecule has 1 amide bonds. The van der Waals surface area contributed by atoms with Crippen molar-refractivity contribution < 1.29 is 4.79 Å². The molecule has 0 spiro atoms. The molecular formula is C11H20N2O. The van der Waals surface area contributed by atoms with Gasteiger partial charge in [-0.05, 0) is 43.7 Å². The number of hydrogen-bond acceptors (Lipinski definition) is 2. The van der Waals surface area contributed by atoms with E-state index >= 15 is 0 Å². The first-order chi connectivity index (χ1) is 6.74. The molecule has 1 saturated carbocycles. The van der Waals surface area contributed by atoms with Crippen LogP contribution in [0.3, 0.4) is 0 Å². The van der Waals surface area contributed by atoms with Crippen LogP contribution in [0, 0.1) is 11.3 Å². The van der Waals surface area contributed by atoms with Crippen LogP contribution in [0.2, 0.25) is 0 Å². The lowest BCUT2D eigenvalue weighted by atomic mass is 9.98. The number of amides is 1. The minimum Gasteiger partial charge on any atom is -0.356 e. The van der Waals surface area contributed by atoms with E-state index < -0.39 is 0 Å². The summed E-state index contributed by atoms with van der Waals surface area (Å²) in [6.45, 7) is 5.16. The van der Waals surface area contributed by atoms with Gasteiger partial charge in [0.05, 0.1) is 0 Å². The Morgan fingerprint density at radius 3 is 2.64 bits per heavy atom. The Labute approximate surface area is 85.6 Å². The zero-order valence-electron chi connectivity index (χ0n) is 8.94. The summed E-state index contributed by atoms with van der Waals surface area (Å²) in [5.41, 5.74) is 0.480. The van der Waals surface area contributed by atoms with Gasteiger partial charge in [0.1, 0.15) is 0 Å². The molecule has 0 atom stereocenters. The molecule has 2 fully saturated rings. The molecule has 2 N–H and O–H groups in total. The maximum atomic E-state index is 11.5. The molecule has 2 aliphatic rings. The zero-order chi connectivity index (χ0) is 10.0. The number of carbonyl (C=O) groups is 1. The fourth-order valence-corrected chi connectivity index (χ4v) is 1.95. The van der Waals surface area contributed by atoms with Crippen molar-refractivity contribution >= 4 is 5.91 Å². The van der Waals surface area contributed by atoms with Crippen LogP contribution in [-0.2, 0) is 4.79 Å². The highest BCUT2D eigenvalue weighted by Crippen LogP contribution is 2.47. The minimum atomic E-state index is 0.247. The van der Waals surface area contributed by atoms with Crippen LogP contribution in [0.25, 0.3) is 0 Å². The summed E-state index contributed by atoms with van der Waals surface area (Å²) < 4.78 is 0. The lowest BCUT2D eigenvalue weighted by molar-refractivity contribution is -0.122. The van der Waals surface area contributed by atoms with Crippen molar-refractivity contribution in [3.05, 3.63) is 0 Å². The summed E-state index contributed by atoms with van der Waals surface area (Å²) in [7, 11) is 0. The fraction of sp³-hybridized carbons (Fsp3) is 0.909. The first kappa shape index (κ1) is 9.97. The Hall–Kier alpha value is -0.570. The molecule has 0 unspecified atom stereocenters. The molecule has 14 heavy (non-hydrogen) atoms. The summed E-state index contributed by atoms with van der Waals surface area (Å²) in [5.74, 6) is 0.836. The third-order valence-electron chi connectivity index (χ3n) is 3.71. The van der Waals surface area contributed by atoms with Crippen molar-refractivity contribution in [2.45, 2.75) is 32.6 Å². The van der Waals surface area contributed by atoms with Crippen molar-refractivity contribution in [3.63, 3.8) is 0 Å². The van der Waals surface area contributed by atoms with Gasteiger partial charge >= 0.3 is 0 Å². The van der Waals surface area contributed by atoms with E-state index in [4.69, 9.17) is 0 Å². The van der Waals surface area contributed by atoms with Crippen LogP contribution in [-0.4, -0.2) is 25.5 Å². The predicted octanol–water partition coefficient (Wildman–Crippen LogP) is 0.902. The second kappa shape index (κ2) is 3.89. The number of hydrogen-bond donors (Lipinski definition) is 2. The molecule has 1 aliphatic carbocycles. The van der Waals surface area contributed by atoms with E-state index in [9.17, 15) is 4.79 Å². The van der Waals surface area contributed by atoms with E-state index in [0.717, 1.165) is 19.6 Å². The molecule has 80 valence electrons. The topological polar surface area (TPSA) is 41.1 Å². The molecule has 3 nitrogen and oxygen atoms in total. The molecule has 0 aromatic heterocycles. The van der Waals surface area contributed by atoms with Crippen LogP contribution in [0.1, 0.15) is 32.6 Å².